The second kappa shape index (κ2) is 5.76. The van der Waals surface area contributed by atoms with Gasteiger partial charge >= 0.3 is 0 Å². The summed E-state index contributed by atoms with van der Waals surface area (Å²) in [6, 6.07) is 12.2. The Hall–Kier alpha value is -3.03. The van der Waals surface area contributed by atoms with E-state index < -0.39 is 37.5 Å². The number of aromatic hydroxyl groups is 2. The topological polar surface area (TPSA) is 122 Å². The van der Waals surface area contributed by atoms with E-state index >= 15 is 0 Å². The third-order valence-electron chi connectivity index (χ3n) is 2.97. The zero-order valence-corrected chi connectivity index (χ0v) is 12.0. The third-order valence-corrected chi connectivity index (χ3v) is 4.73. The summed E-state index contributed by atoms with van der Waals surface area (Å²) in [4.78, 5) is -0.573. The van der Waals surface area contributed by atoms with Crippen LogP contribution < -0.4 is 0 Å². The molecule has 0 aliphatic rings. The number of nitrogens with zero attached hydrogens (tertiary/aromatic N) is 2. The van der Waals surface area contributed by atoms with Crippen LogP contribution in [0.3, 0.4) is 0 Å². The molecule has 0 saturated carbocycles. The number of rotatable bonds is 3. The summed E-state index contributed by atoms with van der Waals surface area (Å²) in [5.41, 5.74) is -0.543. The van der Waals surface area contributed by atoms with Crippen molar-refractivity contribution in [3.63, 3.8) is 0 Å². The van der Waals surface area contributed by atoms with Crippen molar-refractivity contribution in [1.29, 1.82) is 10.5 Å². The van der Waals surface area contributed by atoms with Crippen molar-refractivity contribution >= 4 is 9.84 Å². The van der Waals surface area contributed by atoms with E-state index in [1.165, 1.54) is 6.07 Å². The van der Waals surface area contributed by atoms with Gasteiger partial charge in [-0.2, -0.15) is 10.5 Å². The van der Waals surface area contributed by atoms with E-state index in [2.05, 4.69) is 0 Å². The summed E-state index contributed by atoms with van der Waals surface area (Å²) in [7, 11) is -4.05. The van der Waals surface area contributed by atoms with Gasteiger partial charge in [0.1, 0.15) is 22.6 Å². The van der Waals surface area contributed by atoms with Crippen LogP contribution in [-0.4, -0.2) is 18.6 Å². The quantitative estimate of drug-likeness (QED) is 0.833. The summed E-state index contributed by atoms with van der Waals surface area (Å²) in [6.07, 6.45) is 0. The highest BCUT2D eigenvalue weighted by atomic mass is 32.2. The lowest BCUT2D eigenvalue weighted by molar-refractivity contribution is 0.400. The van der Waals surface area contributed by atoms with Crippen molar-refractivity contribution in [2.45, 2.75) is 10.6 Å². The molecule has 0 bridgehead atoms. The Morgan fingerprint density at radius 1 is 1.05 bits per heavy atom. The number of sulfone groups is 1. The minimum atomic E-state index is -4.05. The van der Waals surface area contributed by atoms with E-state index in [-0.39, 0.29) is 5.56 Å². The first-order valence-electron chi connectivity index (χ1n) is 6.06. The van der Waals surface area contributed by atoms with Crippen molar-refractivity contribution in [3.05, 3.63) is 53.1 Å². The maximum Gasteiger partial charge on any atom is 0.185 e. The normalized spacial score (nSPS) is 10.6. The molecular formula is C15H10N2O4S. The zero-order chi connectivity index (χ0) is 16.3. The Bertz CT molecular complexity index is 907. The summed E-state index contributed by atoms with van der Waals surface area (Å²) in [5.74, 6) is -2.00. The first kappa shape index (κ1) is 15.4. The predicted molar refractivity (Wildman–Crippen MR) is 76.5 cm³/mol. The number of phenolic OH excluding ortho intramolecular Hbond substituents is 2. The highest BCUT2D eigenvalue weighted by Crippen LogP contribution is 2.37. The fourth-order valence-electron chi connectivity index (χ4n) is 2.02. The molecule has 7 heteroatoms. The van der Waals surface area contributed by atoms with Crippen molar-refractivity contribution < 1.29 is 18.6 Å². The van der Waals surface area contributed by atoms with Gasteiger partial charge in [0, 0.05) is 6.07 Å². The second-order valence-electron chi connectivity index (χ2n) is 4.46. The van der Waals surface area contributed by atoms with E-state index in [1.54, 1.807) is 36.4 Å². The summed E-state index contributed by atoms with van der Waals surface area (Å²) < 4.78 is 25.1. The maximum atomic E-state index is 12.5. The predicted octanol–water partition coefficient (Wildman–Crippen LogP) is 1.82. The van der Waals surface area contributed by atoms with Gasteiger partial charge in [0.15, 0.2) is 21.3 Å². The molecule has 0 aliphatic heterocycles. The van der Waals surface area contributed by atoms with Crippen molar-refractivity contribution in [3.8, 4) is 23.6 Å². The Kier molecular flexibility index (Phi) is 4.02. The maximum absolute atomic E-state index is 12.5. The smallest absolute Gasteiger partial charge is 0.185 e. The van der Waals surface area contributed by atoms with Crippen LogP contribution in [0.1, 0.15) is 16.7 Å². The number of hydrogen-bond acceptors (Lipinski definition) is 6. The van der Waals surface area contributed by atoms with Gasteiger partial charge in [0.2, 0.25) is 0 Å². The molecule has 0 aliphatic carbocycles. The van der Waals surface area contributed by atoms with Crippen LogP contribution in [0.15, 0.2) is 41.3 Å². The summed E-state index contributed by atoms with van der Waals surface area (Å²) >= 11 is 0. The van der Waals surface area contributed by atoms with Gasteiger partial charge in [-0.05, 0) is 5.56 Å². The van der Waals surface area contributed by atoms with Crippen LogP contribution in [0.5, 0.6) is 11.5 Å². The second-order valence-corrected chi connectivity index (χ2v) is 6.39. The molecule has 6 nitrogen and oxygen atoms in total. The molecule has 2 aromatic carbocycles. The van der Waals surface area contributed by atoms with Crippen molar-refractivity contribution in [2.75, 3.05) is 0 Å². The molecule has 2 aromatic rings. The highest BCUT2D eigenvalue weighted by molar-refractivity contribution is 7.90. The molecule has 2 N–H and O–H groups in total. The molecule has 0 spiro atoms. The van der Waals surface area contributed by atoms with Crippen LogP contribution in [0.4, 0.5) is 0 Å². The lowest BCUT2D eigenvalue weighted by atomic mass is 10.1. The SMILES string of the molecule is N#Cc1cc(O)c(O)c(C#N)c1S(=O)(=O)Cc1ccccc1. The number of phenols is 2. The van der Waals surface area contributed by atoms with Gasteiger partial charge in [0.05, 0.1) is 11.3 Å². The van der Waals surface area contributed by atoms with E-state index in [0.29, 0.717) is 5.56 Å². The molecule has 0 amide bonds. The van der Waals surface area contributed by atoms with Crippen molar-refractivity contribution in [1.82, 2.24) is 0 Å². The Morgan fingerprint density at radius 2 is 1.68 bits per heavy atom. The summed E-state index contributed by atoms with van der Waals surface area (Å²) in [5, 5.41) is 37.3. The fourth-order valence-corrected chi connectivity index (χ4v) is 3.69. The van der Waals surface area contributed by atoms with Crippen LogP contribution in [0.2, 0.25) is 0 Å². The highest BCUT2D eigenvalue weighted by Gasteiger charge is 2.28. The van der Waals surface area contributed by atoms with Crippen LogP contribution in [-0.2, 0) is 15.6 Å². The van der Waals surface area contributed by atoms with Gasteiger partial charge in [-0.1, -0.05) is 30.3 Å². The fraction of sp³-hybridized carbons (Fsp3) is 0.0667. The van der Waals surface area contributed by atoms with Gasteiger partial charge < -0.3 is 10.2 Å². The van der Waals surface area contributed by atoms with E-state index in [0.717, 1.165) is 6.07 Å². The molecule has 110 valence electrons. The zero-order valence-electron chi connectivity index (χ0n) is 11.2. The lowest BCUT2D eigenvalue weighted by Crippen LogP contribution is -2.09. The number of nitriles is 2. The van der Waals surface area contributed by atoms with E-state index in [9.17, 15) is 18.6 Å². The van der Waals surface area contributed by atoms with Gasteiger partial charge in [0.25, 0.3) is 0 Å². The lowest BCUT2D eigenvalue weighted by Gasteiger charge is -2.11. The molecule has 0 saturated heterocycles. The van der Waals surface area contributed by atoms with E-state index in [1.807, 2.05) is 0 Å². The van der Waals surface area contributed by atoms with Gasteiger partial charge in [-0.25, -0.2) is 8.42 Å². The van der Waals surface area contributed by atoms with Gasteiger partial charge in [-0.3, -0.25) is 0 Å². The average Bonchev–Trinajstić information content (AvgIpc) is 2.49. The van der Waals surface area contributed by atoms with Gasteiger partial charge in [-0.15, -0.1) is 0 Å². The molecule has 0 fully saturated rings. The molecule has 0 aromatic heterocycles. The minimum absolute atomic E-state index is 0.386. The minimum Gasteiger partial charge on any atom is -0.504 e. The van der Waals surface area contributed by atoms with Crippen LogP contribution in [0.25, 0.3) is 0 Å². The first-order valence-corrected chi connectivity index (χ1v) is 7.71. The van der Waals surface area contributed by atoms with Crippen molar-refractivity contribution in [2.24, 2.45) is 0 Å². The molecule has 0 radical (unpaired) electrons. The first-order chi connectivity index (χ1) is 10.4. The molecule has 2 rings (SSSR count). The Labute approximate surface area is 127 Å². The molecule has 0 atom stereocenters. The molecule has 0 unspecified atom stereocenters. The summed E-state index contributed by atoms with van der Waals surface area (Å²) in [6.45, 7) is 0. The third kappa shape index (κ3) is 2.71. The Morgan fingerprint density at radius 3 is 2.23 bits per heavy atom. The van der Waals surface area contributed by atoms with Crippen LogP contribution in [0, 0.1) is 22.7 Å². The molecule has 0 heterocycles. The number of benzene rings is 2. The van der Waals surface area contributed by atoms with Crippen LogP contribution >= 0.6 is 0 Å². The number of hydrogen-bond donors (Lipinski definition) is 2. The molecule has 22 heavy (non-hydrogen) atoms. The standard InChI is InChI=1S/C15H10N2O4S/c16-7-11-6-13(18)14(19)12(8-17)15(11)22(20,21)9-10-4-2-1-3-5-10/h1-6,18-19H,9H2. The largest absolute Gasteiger partial charge is 0.504 e. The Balaban J connectivity index is 2.69. The molecular weight excluding hydrogens is 304 g/mol. The average molecular weight is 314 g/mol. The van der Waals surface area contributed by atoms with E-state index in [4.69, 9.17) is 10.5 Å². The monoisotopic (exact) mass is 314 g/mol.